The summed E-state index contributed by atoms with van der Waals surface area (Å²) < 4.78 is 0. The van der Waals surface area contributed by atoms with Crippen molar-refractivity contribution >= 4 is 23.2 Å². The van der Waals surface area contributed by atoms with Crippen molar-refractivity contribution in [1.29, 1.82) is 0 Å². The first kappa shape index (κ1) is 19.0. The second kappa shape index (κ2) is 7.69. The van der Waals surface area contributed by atoms with E-state index in [1.165, 1.54) is 16.7 Å². The van der Waals surface area contributed by atoms with Gasteiger partial charge < -0.3 is 4.90 Å². The van der Waals surface area contributed by atoms with Crippen molar-refractivity contribution in [2.45, 2.75) is 32.9 Å². The maximum absolute atomic E-state index is 12.7. The van der Waals surface area contributed by atoms with Gasteiger partial charge in [-0.05, 0) is 65.9 Å². The highest BCUT2D eigenvalue weighted by atomic mass is 35.5. The van der Waals surface area contributed by atoms with Crippen LogP contribution in [0.3, 0.4) is 0 Å². The molecule has 2 aromatic carbocycles. The Labute approximate surface area is 181 Å². The second-order valence-electron chi connectivity index (χ2n) is 8.00. The highest BCUT2D eigenvalue weighted by Crippen LogP contribution is 2.30. The van der Waals surface area contributed by atoms with Crippen molar-refractivity contribution in [2.75, 3.05) is 6.54 Å². The van der Waals surface area contributed by atoms with Crippen LogP contribution in [0.5, 0.6) is 0 Å². The molecule has 0 radical (unpaired) electrons. The Balaban J connectivity index is 1.39. The quantitative estimate of drug-likeness (QED) is 0.628. The number of aliphatic imine (C=N–C) groups is 1. The van der Waals surface area contributed by atoms with Crippen LogP contribution in [-0.2, 0) is 30.7 Å². The highest BCUT2D eigenvalue weighted by Gasteiger charge is 2.27. The van der Waals surface area contributed by atoms with Gasteiger partial charge >= 0.3 is 0 Å². The minimum Gasteiger partial charge on any atom is -0.338 e. The number of rotatable bonds is 4. The monoisotopic (exact) mass is 415 g/mol. The lowest BCUT2D eigenvalue weighted by Gasteiger charge is -2.29. The molecule has 3 aromatic rings. The number of aryl methyl sites for hydroxylation is 1. The third-order valence-corrected chi connectivity index (χ3v) is 6.11. The van der Waals surface area contributed by atoms with Crippen LogP contribution in [0.15, 0.2) is 59.7 Å². The summed E-state index contributed by atoms with van der Waals surface area (Å²) in [7, 11) is 0. The first-order chi connectivity index (χ1) is 14.6. The number of nitrogens with zero attached hydrogens (tertiary/aromatic N) is 3. The Morgan fingerprint density at radius 2 is 1.97 bits per heavy atom. The predicted octanol–water partition coefficient (Wildman–Crippen LogP) is 4.52. The molecule has 5 rings (SSSR count). The largest absolute Gasteiger partial charge is 0.338 e. The molecule has 0 atom stereocenters. The number of benzene rings is 2. The van der Waals surface area contributed by atoms with E-state index >= 15 is 0 Å². The molecule has 2 aliphatic heterocycles. The van der Waals surface area contributed by atoms with E-state index in [2.05, 4.69) is 29.2 Å². The van der Waals surface area contributed by atoms with Gasteiger partial charge in [-0.2, -0.15) is 0 Å². The van der Waals surface area contributed by atoms with Gasteiger partial charge in [-0.25, -0.2) is 0 Å². The van der Waals surface area contributed by atoms with E-state index in [0.717, 1.165) is 39.5 Å². The minimum atomic E-state index is 0.188. The number of fused-ring (bicyclic) bond motifs is 2. The number of hydrogen-bond donors (Lipinski definition) is 0. The van der Waals surface area contributed by atoms with Gasteiger partial charge in [0.25, 0.3) is 0 Å². The van der Waals surface area contributed by atoms with E-state index in [1.807, 2.05) is 42.3 Å². The van der Waals surface area contributed by atoms with Crippen LogP contribution >= 0.6 is 11.6 Å². The fourth-order valence-electron chi connectivity index (χ4n) is 4.32. The molecule has 5 heteroatoms. The summed E-state index contributed by atoms with van der Waals surface area (Å²) >= 11 is 6.09. The first-order valence-electron chi connectivity index (χ1n) is 10.2. The number of amides is 1. The number of halogens is 1. The summed E-state index contributed by atoms with van der Waals surface area (Å²) in [6.07, 6.45) is 3.09. The van der Waals surface area contributed by atoms with Crippen LogP contribution in [0.2, 0.25) is 5.02 Å². The first-order valence-corrected chi connectivity index (χ1v) is 10.6. The third kappa shape index (κ3) is 3.63. The van der Waals surface area contributed by atoms with Gasteiger partial charge in [0, 0.05) is 41.1 Å². The van der Waals surface area contributed by atoms with Crippen molar-refractivity contribution in [1.82, 2.24) is 9.88 Å². The lowest BCUT2D eigenvalue weighted by atomic mass is 9.91. The van der Waals surface area contributed by atoms with Crippen LogP contribution in [0.1, 0.15) is 39.1 Å². The Hall–Kier alpha value is -2.98. The highest BCUT2D eigenvalue weighted by molar-refractivity contribution is 6.30. The van der Waals surface area contributed by atoms with Crippen LogP contribution in [0.4, 0.5) is 0 Å². The SMILES string of the molecule is Cc1cc(C2=NCc3cc4c(cc32)CN(CCc2cccc(Cl)c2)C(=O)C4)ccn1. The fraction of sp³-hybridized carbons (Fsp3) is 0.240. The van der Waals surface area contributed by atoms with Gasteiger partial charge in [0.05, 0.1) is 18.7 Å². The van der Waals surface area contributed by atoms with Gasteiger partial charge in [-0.3, -0.25) is 14.8 Å². The Morgan fingerprint density at radius 3 is 2.80 bits per heavy atom. The molecule has 2 aliphatic rings. The van der Waals surface area contributed by atoms with Crippen LogP contribution in [0, 0.1) is 6.92 Å². The zero-order valence-corrected chi connectivity index (χ0v) is 17.6. The van der Waals surface area contributed by atoms with Crippen molar-refractivity contribution in [3.63, 3.8) is 0 Å². The molecular weight excluding hydrogens is 394 g/mol. The van der Waals surface area contributed by atoms with Crippen molar-refractivity contribution in [2.24, 2.45) is 4.99 Å². The molecule has 0 saturated carbocycles. The smallest absolute Gasteiger partial charge is 0.227 e. The number of carbonyl (C=O) groups excluding carboxylic acids is 1. The summed E-state index contributed by atoms with van der Waals surface area (Å²) in [4.78, 5) is 23.8. The summed E-state index contributed by atoms with van der Waals surface area (Å²) in [5.74, 6) is 0.188. The molecule has 0 spiro atoms. The second-order valence-corrected chi connectivity index (χ2v) is 8.44. The molecule has 0 bridgehead atoms. The molecule has 0 saturated heterocycles. The van der Waals surface area contributed by atoms with Gasteiger partial charge in [-0.1, -0.05) is 29.8 Å². The maximum Gasteiger partial charge on any atom is 0.227 e. The van der Waals surface area contributed by atoms with Crippen LogP contribution in [0.25, 0.3) is 0 Å². The van der Waals surface area contributed by atoms with E-state index < -0.39 is 0 Å². The summed E-state index contributed by atoms with van der Waals surface area (Å²) in [6, 6.07) is 16.4. The summed E-state index contributed by atoms with van der Waals surface area (Å²) in [5, 5.41) is 0.733. The van der Waals surface area contributed by atoms with E-state index in [1.54, 1.807) is 0 Å². The van der Waals surface area contributed by atoms with Gasteiger partial charge in [0.1, 0.15) is 0 Å². The molecule has 1 amide bonds. The predicted molar refractivity (Wildman–Crippen MR) is 119 cm³/mol. The van der Waals surface area contributed by atoms with E-state index in [0.29, 0.717) is 26.1 Å². The van der Waals surface area contributed by atoms with Crippen molar-refractivity contribution < 1.29 is 4.79 Å². The average Bonchev–Trinajstić information content (AvgIpc) is 3.13. The average molecular weight is 416 g/mol. The lowest BCUT2D eigenvalue weighted by Crippen LogP contribution is -2.37. The lowest BCUT2D eigenvalue weighted by molar-refractivity contribution is -0.131. The third-order valence-electron chi connectivity index (χ3n) is 5.87. The Kier molecular flexibility index (Phi) is 4.87. The van der Waals surface area contributed by atoms with E-state index in [4.69, 9.17) is 16.6 Å². The van der Waals surface area contributed by atoms with Crippen molar-refractivity contribution in [3.05, 3.63) is 98.8 Å². The summed E-state index contributed by atoms with van der Waals surface area (Å²) in [5.41, 5.74) is 9.02. The van der Waals surface area contributed by atoms with E-state index in [-0.39, 0.29) is 5.91 Å². The van der Waals surface area contributed by atoms with Crippen LogP contribution < -0.4 is 0 Å². The zero-order chi connectivity index (χ0) is 20.7. The van der Waals surface area contributed by atoms with Gasteiger partial charge in [0.2, 0.25) is 5.91 Å². The number of pyridine rings is 1. The molecular formula is C25H22ClN3O. The summed E-state index contributed by atoms with van der Waals surface area (Å²) in [6.45, 7) is 4.01. The number of hydrogen-bond acceptors (Lipinski definition) is 3. The van der Waals surface area contributed by atoms with E-state index in [9.17, 15) is 4.79 Å². The zero-order valence-electron chi connectivity index (χ0n) is 16.9. The van der Waals surface area contributed by atoms with Crippen LogP contribution in [-0.4, -0.2) is 28.0 Å². The molecule has 3 heterocycles. The normalized spacial score (nSPS) is 15.1. The molecule has 150 valence electrons. The molecule has 0 N–H and O–H groups in total. The molecule has 0 aliphatic carbocycles. The number of aromatic nitrogens is 1. The standard InChI is InChI=1S/C25H22ClN3O/c1-16-9-18(5-7-27-16)25-23-12-21-15-29(8-6-17-3-2-4-22(26)10-17)24(30)13-19(21)11-20(23)14-28-25/h2-5,7,9-12H,6,8,13-15H2,1H3. The number of carbonyl (C=O) groups is 1. The Bertz CT molecular complexity index is 1180. The van der Waals surface area contributed by atoms with Gasteiger partial charge in [0.15, 0.2) is 0 Å². The molecule has 1 aromatic heterocycles. The Morgan fingerprint density at radius 1 is 1.07 bits per heavy atom. The van der Waals surface area contributed by atoms with Crippen molar-refractivity contribution in [3.8, 4) is 0 Å². The van der Waals surface area contributed by atoms with Gasteiger partial charge in [-0.15, -0.1) is 0 Å². The molecule has 0 fully saturated rings. The minimum absolute atomic E-state index is 0.188. The topological polar surface area (TPSA) is 45.6 Å². The molecule has 30 heavy (non-hydrogen) atoms. The maximum atomic E-state index is 12.7. The fourth-order valence-corrected chi connectivity index (χ4v) is 4.53. The molecule has 4 nitrogen and oxygen atoms in total. The molecule has 0 unspecified atom stereocenters.